The van der Waals surface area contributed by atoms with Gasteiger partial charge in [-0.2, -0.15) is 0 Å². The summed E-state index contributed by atoms with van der Waals surface area (Å²) in [5.41, 5.74) is 4.53. The number of aromatic nitrogens is 1. The number of benzene rings is 2. The molecule has 3 heteroatoms. The molecule has 0 aliphatic carbocycles. The van der Waals surface area contributed by atoms with Crippen LogP contribution < -0.4 is 0 Å². The summed E-state index contributed by atoms with van der Waals surface area (Å²) < 4.78 is 0. The Morgan fingerprint density at radius 1 is 1.23 bits per heavy atom. The van der Waals surface area contributed by atoms with Gasteiger partial charge in [0.05, 0.1) is 5.69 Å². The second kappa shape index (κ2) is 5.98. The average molecular weight is 312 g/mol. The first-order chi connectivity index (χ1) is 10.7. The molecule has 1 unspecified atom stereocenters. The van der Waals surface area contributed by atoms with E-state index in [-0.39, 0.29) is 0 Å². The Bertz CT molecular complexity index is 835. The molecular formula is C19H18ClNO. The Kier molecular flexibility index (Phi) is 4.04. The number of carbonyl (C=O) groups is 1. The van der Waals surface area contributed by atoms with Gasteiger partial charge in [-0.25, -0.2) is 0 Å². The summed E-state index contributed by atoms with van der Waals surface area (Å²) in [4.78, 5) is 15.0. The van der Waals surface area contributed by atoms with Gasteiger partial charge >= 0.3 is 0 Å². The maximum atomic E-state index is 11.7. The van der Waals surface area contributed by atoms with Gasteiger partial charge in [-0.3, -0.25) is 4.79 Å². The number of hydrogen-bond acceptors (Lipinski definition) is 1. The fourth-order valence-electron chi connectivity index (χ4n) is 2.77. The van der Waals surface area contributed by atoms with Crippen molar-refractivity contribution in [3.63, 3.8) is 0 Å². The lowest BCUT2D eigenvalue weighted by atomic mass is 9.96. The van der Waals surface area contributed by atoms with Crippen molar-refractivity contribution in [2.45, 2.75) is 26.2 Å². The van der Waals surface area contributed by atoms with Crippen LogP contribution in [0.4, 0.5) is 0 Å². The van der Waals surface area contributed by atoms with Gasteiger partial charge in [0.25, 0.3) is 0 Å². The molecule has 0 aliphatic rings. The number of nitrogens with one attached hydrogen (secondary N) is 1. The summed E-state index contributed by atoms with van der Waals surface area (Å²) in [6.07, 6.45) is 1.99. The van der Waals surface area contributed by atoms with Crippen LogP contribution in [0.1, 0.15) is 42.1 Å². The van der Waals surface area contributed by atoms with Gasteiger partial charge in [0, 0.05) is 27.1 Å². The highest BCUT2D eigenvalue weighted by Crippen LogP contribution is 2.34. The molecule has 0 aliphatic heterocycles. The minimum atomic E-state index is 0.475. The molecule has 0 spiro atoms. The molecule has 1 atom stereocenters. The van der Waals surface area contributed by atoms with Crippen LogP contribution in [0.25, 0.3) is 22.2 Å². The van der Waals surface area contributed by atoms with Crippen molar-refractivity contribution in [1.29, 1.82) is 0 Å². The van der Waals surface area contributed by atoms with E-state index in [1.165, 1.54) is 5.56 Å². The maximum absolute atomic E-state index is 11.7. The van der Waals surface area contributed by atoms with Crippen LogP contribution in [0.5, 0.6) is 0 Å². The zero-order chi connectivity index (χ0) is 15.7. The quantitative estimate of drug-likeness (QED) is 0.605. The number of aldehydes is 1. The van der Waals surface area contributed by atoms with Crippen LogP contribution in [-0.2, 0) is 0 Å². The van der Waals surface area contributed by atoms with Crippen LogP contribution in [0.3, 0.4) is 0 Å². The molecule has 0 saturated heterocycles. The molecule has 0 fully saturated rings. The molecule has 0 amide bonds. The first-order valence-electron chi connectivity index (χ1n) is 7.51. The number of rotatable bonds is 4. The largest absolute Gasteiger partial charge is 0.354 e. The van der Waals surface area contributed by atoms with E-state index < -0.39 is 0 Å². The minimum Gasteiger partial charge on any atom is -0.354 e. The molecule has 1 aromatic heterocycles. The molecule has 1 N–H and O–H groups in total. The number of H-pyrrole nitrogens is 1. The molecule has 2 aromatic carbocycles. The summed E-state index contributed by atoms with van der Waals surface area (Å²) in [5.74, 6) is 0.475. The highest BCUT2D eigenvalue weighted by Gasteiger charge is 2.15. The summed E-state index contributed by atoms with van der Waals surface area (Å²) >= 11 is 6.28. The lowest BCUT2D eigenvalue weighted by molar-refractivity contribution is 0.112. The first kappa shape index (κ1) is 14.9. The Morgan fingerprint density at radius 2 is 2.00 bits per heavy atom. The van der Waals surface area contributed by atoms with Crippen LogP contribution in [0, 0.1) is 0 Å². The molecule has 2 nitrogen and oxygen atoms in total. The molecule has 0 radical (unpaired) electrons. The van der Waals surface area contributed by atoms with Gasteiger partial charge in [-0.15, -0.1) is 0 Å². The zero-order valence-electron chi connectivity index (χ0n) is 12.7. The molecule has 112 valence electrons. The predicted octanol–water partition coefficient (Wildman–Crippen LogP) is 5.81. The average Bonchev–Trinajstić information content (AvgIpc) is 2.91. The molecule has 3 rings (SSSR count). The number of carbonyl (C=O) groups excluding carboxylic acids is 1. The molecule has 0 bridgehead atoms. The fourth-order valence-corrected chi connectivity index (χ4v) is 3.00. The van der Waals surface area contributed by atoms with E-state index >= 15 is 0 Å². The Labute approximate surface area is 135 Å². The zero-order valence-corrected chi connectivity index (χ0v) is 13.4. The number of hydrogen-bond donors (Lipinski definition) is 1. The third-order valence-electron chi connectivity index (χ3n) is 4.31. The van der Waals surface area contributed by atoms with Gasteiger partial charge in [0.1, 0.15) is 0 Å². The van der Waals surface area contributed by atoms with Crippen molar-refractivity contribution in [1.82, 2.24) is 4.98 Å². The third kappa shape index (κ3) is 2.44. The number of aromatic amines is 1. The summed E-state index contributed by atoms with van der Waals surface area (Å²) in [5, 5.41) is 1.60. The van der Waals surface area contributed by atoms with Gasteiger partial charge in [0.2, 0.25) is 0 Å². The first-order valence-corrected chi connectivity index (χ1v) is 7.89. The molecule has 3 aromatic rings. The minimum absolute atomic E-state index is 0.475. The second-order valence-electron chi connectivity index (χ2n) is 5.63. The van der Waals surface area contributed by atoms with Crippen molar-refractivity contribution in [2.75, 3.05) is 0 Å². The molecular weight excluding hydrogens is 294 g/mol. The number of halogens is 1. The normalized spacial score (nSPS) is 12.5. The third-order valence-corrected chi connectivity index (χ3v) is 4.63. The van der Waals surface area contributed by atoms with E-state index in [1.807, 2.05) is 30.3 Å². The van der Waals surface area contributed by atoms with Crippen molar-refractivity contribution in [3.8, 4) is 11.3 Å². The summed E-state index contributed by atoms with van der Waals surface area (Å²) in [6.45, 7) is 4.37. The van der Waals surface area contributed by atoms with Gasteiger partial charge in [-0.05, 0) is 36.1 Å². The topological polar surface area (TPSA) is 32.9 Å². The lowest BCUT2D eigenvalue weighted by Crippen LogP contribution is -1.91. The van der Waals surface area contributed by atoms with Crippen LogP contribution in [0.15, 0.2) is 42.5 Å². The van der Waals surface area contributed by atoms with Crippen molar-refractivity contribution in [2.24, 2.45) is 0 Å². The lowest BCUT2D eigenvalue weighted by Gasteiger charge is -2.08. The molecule has 22 heavy (non-hydrogen) atoms. The predicted molar refractivity (Wildman–Crippen MR) is 92.8 cm³/mol. The monoisotopic (exact) mass is 311 g/mol. The van der Waals surface area contributed by atoms with Crippen molar-refractivity contribution in [3.05, 3.63) is 58.6 Å². The molecule has 0 saturated carbocycles. The SMILES string of the molecule is CCC(C)c1ccc2[nH]c(-c3ccccc3Cl)c(C=O)c2c1. The molecule has 1 heterocycles. The van der Waals surface area contributed by atoms with Gasteiger partial charge in [0.15, 0.2) is 6.29 Å². The Hall–Kier alpha value is -2.06. The standard InChI is InChI=1S/C19H18ClNO/c1-3-12(2)13-8-9-18-15(10-13)16(11-22)19(21-18)14-6-4-5-7-17(14)20/h4-12,21H,3H2,1-2H3. The van der Waals surface area contributed by atoms with E-state index in [2.05, 4.69) is 31.0 Å². The van der Waals surface area contributed by atoms with Crippen LogP contribution in [-0.4, -0.2) is 11.3 Å². The Balaban J connectivity index is 2.25. The van der Waals surface area contributed by atoms with E-state index in [0.717, 1.165) is 34.9 Å². The maximum Gasteiger partial charge on any atom is 0.152 e. The highest BCUT2D eigenvalue weighted by atomic mass is 35.5. The van der Waals surface area contributed by atoms with E-state index in [0.29, 0.717) is 16.5 Å². The van der Waals surface area contributed by atoms with Crippen LogP contribution in [0.2, 0.25) is 5.02 Å². The van der Waals surface area contributed by atoms with Gasteiger partial charge in [-0.1, -0.05) is 49.7 Å². The number of fused-ring (bicyclic) bond motifs is 1. The summed E-state index contributed by atoms with van der Waals surface area (Å²) in [6, 6.07) is 13.9. The van der Waals surface area contributed by atoms with Gasteiger partial charge < -0.3 is 4.98 Å². The van der Waals surface area contributed by atoms with E-state index in [4.69, 9.17) is 11.6 Å². The van der Waals surface area contributed by atoms with Crippen molar-refractivity contribution >= 4 is 28.8 Å². The van der Waals surface area contributed by atoms with Crippen LogP contribution >= 0.6 is 11.6 Å². The summed E-state index contributed by atoms with van der Waals surface area (Å²) in [7, 11) is 0. The second-order valence-corrected chi connectivity index (χ2v) is 6.03. The fraction of sp³-hybridized carbons (Fsp3) is 0.211. The van der Waals surface area contributed by atoms with E-state index in [1.54, 1.807) is 0 Å². The smallest absolute Gasteiger partial charge is 0.152 e. The Morgan fingerprint density at radius 3 is 2.68 bits per heavy atom. The van der Waals surface area contributed by atoms with E-state index in [9.17, 15) is 4.79 Å². The van der Waals surface area contributed by atoms with Crippen molar-refractivity contribution < 1.29 is 4.79 Å². The highest BCUT2D eigenvalue weighted by molar-refractivity contribution is 6.33.